The number of amides is 1. The number of benzene rings is 2. The van der Waals surface area contributed by atoms with Crippen LogP contribution in [0.5, 0.6) is 5.75 Å². The van der Waals surface area contributed by atoms with Crippen LogP contribution in [0.25, 0.3) is 0 Å². The maximum absolute atomic E-state index is 13.2. The van der Waals surface area contributed by atoms with E-state index in [-0.39, 0.29) is 41.6 Å². The molecular formula is C22H26Cl2N2O4S. The van der Waals surface area contributed by atoms with Gasteiger partial charge in [0.2, 0.25) is 15.9 Å². The van der Waals surface area contributed by atoms with Crippen LogP contribution in [0, 0.1) is 5.92 Å². The smallest absolute Gasteiger partial charge is 0.246 e. The largest absolute Gasteiger partial charge is 0.492 e. The molecule has 1 heterocycles. The number of carbonyl (C=O) groups is 1. The van der Waals surface area contributed by atoms with Gasteiger partial charge in [-0.05, 0) is 62.6 Å². The van der Waals surface area contributed by atoms with Crippen molar-refractivity contribution < 1.29 is 17.9 Å². The number of nitrogens with one attached hydrogen (secondary N) is 1. The van der Waals surface area contributed by atoms with Gasteiger partial charge in [-0.25, -0.2) is 8.42 Å². The number of piperidine rings is 1. The summed E-state index contributed by atoms with van der Waals surface area (Å²) in [5.74, 6) is -0.0345. The molecule has 0 aromatic heterocycles. The molecule has 2 aromatic carbocycles. The first-order valence-corrected chi connectivity index (χ1v) is 12.4. The van der Waals surface area contributed by atoms with Crippen LogP contribution in [0.2, 0.25) is 10.0 Å². The molecule has 0 bridgehead atoms. The van der Waals surface area contributed by atoms with Crippen LogP contribution in [-0.4, -0.2) is 38.3 Å². The Morgan fingerprint density at radius 3 is 2.35 bits per heavy atom. The summed E-state index contributed by atoms with van der Waals surface area (Å²) in [5.41, 5.74) is 0.960. The van der Waals surface area contributed by atoms with Gasteiger partial charge in [0.15, 0.2) is 0 Å². The van der Waals surface area contributed by atoms with Gasteiger partial charge in [-0.15, -0.1) is 0 Å². The van der Waals surface area contributed by atoms with E-state index in [2.05, 4.69) is 5.32 Å². The number of sulfonamides is 1. The molecule has 6 nitrogen and oxygen atoms in total. The van der Waals surface area contributed by atoms with E-state index in [1.807, 2.05) is 19.1 Å². The van der Waals surface area contributed by atoms with E-state index in [1.165, 1.54) is 10.4 Å². The molecule has 0 aliphatic carbocycles. The number of hydrogen-bond acceptors (Lipinski definition) is 4. The summed E-state index contributed by atoms with van der Waals surface area (Å²) in [7, 11) is -3.78. The van der Waals surface area contributed by atoms with E-state index in [4.69, 9.17) is 27.9 Å². The number of halogens is 2. The molecule has 1 saturated heterocycles. The van der Waals surface area contributed by atoms with Crippen molar-refractivity contribution >= 4 is 39.1 Å². The minimum absolute atomic E-state index is 0.0566. The van der Waals surface area contributed by atoms with Gasteiger partial charge in [-0.1, -0.05) is 35.3 Å². The summed E-state index contributed by atoms with van der Waals surface area (Å²) < 4.78 is 33.2. The van der Waals surface area contributed by atoms with Gasteiger partial charge in [0, 0.05) is 29.1 Å². The molecule has 0 radical (unpaired) electrons. The number of nitrogens with zero attached hydrogens (tertiary/aromatic N) is 1. The third-order valence-electron chi connectivity index (χ3n) is 5.38. The Hall–Kier alpha value is -1.80. The van der Waals surface area contributed by atoms with Gasteiger partial charge < -0.3 is 10.1 Å². The second-order valence-corrected chi connectivity index (χ2v) is 10.3. The van der Waals surface area contributed by atoms with Crippen LogP contribution >= 0.6 is 23.2 Å². The van der Waals surface area contributed by atoms with Crippen LogP contribution in [-0.2, 0) is 14.8 Å². The maximum atomic E-state index is 13.2. The molecule has 0 spiro atoms. The van der Waals surface area contributed by atoms with Gasteiger partial charge in [0.25, 0.3) is 0 Å². The standard InChI is InChI=1S/C22H26Cl2N2O4S/c1-3-30-20-9-8-19(24)14-21(20)31(28,29)26-12-10-17(11-13-26)22(27)25-15(2)16-4-6-18(23)7-5-16/h4-9,14-15,17H,3,10-13H2,1-2H3,(H,25,27). The van der Waals surface area contributed by atoms with Crippen LogP contribution in [0.1, 0.15) is 38.3 Å². The lowest BCUT2D eigenvalue weighted by molar-refractivity contribution is -0.126. The summed E-state index contributed by atoms with van der Waals surface area (Å²) >= 11 is 12.0. The quantitative estimate of drug-likeness (QED) is 0.619. The Balaban J connectivity index is 1.64. The molecule has 1 N–H and O–H groups in total. The van der Waals surface area contributed by atoms with Gasteiger partial charge in [-0.3, -0.25) is 4.79 Å². The molecule has 168 valence electrons. The molecule has 1 amide bonds. The Morgan fingerprint density at radius 2 is 1.74 bits per heavy atom. The molecule has 1 aliphatic rings. The van der Waals surface area contributed by atoms with Crippen molar-refractivity contribution in [1.29, 1.82) is 0 Å². The molecule has 1 aliphatic heterocycles. The van der Waals surface area contributed by atoms with E-state index >= 15 is 0 Å². The third-order valence-corrected chi connectivity index (χ3v) is 7.78. The maximum Gasteiger partial charge on any atom is 0.246 e. The third kappa shape index (κ3) is 5.71. The summed E-state index contributed by atoms with van der Waals surface area (Å²) in [4.78, 5) is 12.8. The average molecular weight is 485 g/mol. The predicted octanol–water partition coefficient (Wildman–Crippen LogP) is 4.67. The van der Waals surface area contributed by atoms with E-state index in [0.717, 1.165) is 5.56 Å². The zero-order valence-electron chi connectivity index (χ0n) is 17.5. The predicted molar refractivity (Wildman–Crippen MR) is 122 cm³/mol. The molecule has 1 unspecified atom stereocenters. The van der Waals surface area contributed by atoms with Gasteiger partial charge >= 0.3 is 0 Å². The highest BCUT2D eigenvalue weighted by Crippen LogP contribution is 2.32. The van der Waals surface area contributed by atoms with Crippen LogP contribution in [0.3, 0.4) is 0 Å². The zero-order chi connectivity index (χ0) is 22.6. The fourth-order valence-corrected chi connectivity index (χ4v) is 5.61. The summed E-state index contributed by atoms with van der Waals surface area (Å²) in [6.07, 6.45) is 0.895. The van der Waals surface area contributed by atoms with Crippen molar-refractivity contribution in [3.8, 4) is 5.75 Å². The highest BCUT2D eigenvalue weighted by molar-refractivity contribution is 7.89. The van der Waals surface area contributed by atoms with E-state index < -0.39 is 10.0 Å². The Labute approximate surface area is 193 Å². The Bertz CT molecular complexity index is 1020. The van der Waals surface area contributed by atoms with Crippen molar-refractivity contribution in [3.05, 3.63) is 58.1 Å². The van der Waals surface area contributed by atoms with E-state index in [9.17, 15) is 13.2 Å². The van der Waals surface area contributed by atoms with Crippen molar-refractivity contribution in [2.75, 3.05) is 19.7 Å². The van der Waals surface area contributed by atoms with Crippen LogP contribution < -0.4 is 10.1 Å². The van der Waals surface area contributed by atoms with Crippen molar-refractivity contribution in [2.45, 2.75) is 37.6 Å². The first-order chi connectivity index (χ1) is 14.7. The lowest BCUT2D eigenvalue weighted by Gasteiger charge is -2.31. The summed E-state index contributed by atoms with van der Waals surface area (Å²) in [6.45, 7) is 4.56. The van der Waals surface area contributed by atoms with E-state index in [1.54, 1.807) is 31.2 Å². The zero-order valence-corrected chi connectivity index (χ0v) is 19.8. The molecule has 9 heteroatoms. The number of hydrogen-bond donors (Lipinski definition) is 1. The van der Waals surface area contributed by atoms with E-state index in [0.29, 0.717) is 29.5 Å². The number of ether oxygens (including phenoxy) is 1. The normalized spacial score (nSPS) is 16.6. The first kappa shape index (κ1) is 23.9. The fraction of sp³-hybridized carbons (Fsp3) is 0.409. The average Bonchev–Trinajstić information content (AvgIpc) is 2.75. The highest BCUT2D eigenvalue weighted by Gasteiger charge is 2.34. The number of carbonyl (C=O) groups excluding carboxylic acids is 1. The van der Waals surface area contributed by atoms with Crippen LogP contribution in [0.15, 0.2) is 47.4 Å². The SMILES string of the molecule is CCOc1ccc(Cl)cc1S(=O)(=O)N1CCC(C(=O)NC(C)c2ccc(Cl)cc2)CC1. The topological polar surface area (TPSA) is 75.7 Å². The highest BCUT2D eigenvalue weighted by atomic mass is 35.5. The minimum Gasteiger partial charge on any atom is -0.492 e. The number of rotatable bonds is 7. The second-order valence-electron chi connectivity index (χ2n) is 7.48. The monoisotopic (exact) mass is 484 g/mol. The van der Waals surface area contributed by atoms with Crippen molar-refractivity contribution in [3.63, 3.8) is 0 Å². The van der Waals surface area contributed by atoms with Crippen LogP contribution in [0.4, 0.5) is 0 Å². The minimum atomic E-state index is -3.78. The molecular weight excluding hydrogens is 459 g/mol. The van der Waals surface area contributed by atoms with Gasteiger partial charge in [0.05, 0.1) is 12.6 Å². The van der Waals surface area contributed by atoms with Gasteiger partial charge in [-0.2, -0.15) is 4.31 Å². The summed E-state index contributed by atoms with van der Waals surface area (Å²) in [6, 6.07) is 11.7. The molecule has 2 aromatic rings. The Kier molecular flexibility index (Phi) is 7.86. The lowest BCUT2D eigenvalue weighted by atomic mass is 9.96. The second kappa shape index (κ2) is 10.2. The Morgan fingerprint density at radius 1 is 1.13 bits per heavy atom. The molecule has 31 heavy (non-hydrogen) atoms. The summed E-state index contributed by atoms with van der Waals surface area (Å²) in [5, 5.41) is 3.98. The van der Waals surface area contributed by atoms with Crippen molar-refractivity contribution in [1.82, 2.24) is 9.62 Å². The van der Waals surface area contributed by atoms with Crippen molar-refractivity contribution in [2.24, 2.45) is 5.92 Å². The van der Waals surface area contributed by atoms with Gasteiger partial charge in [0.1, 0.15) is 10.6 Å². The molecule has 1 fully saturated rings. The lowest BCUT2D eigenvalue weighted by Crippen LogP contribution is -2.43. The molecule has 0 saturated carbocycles. The fourth-order valence-electron chi connectivity index (χ4n) is 3.62. The molecule has 3 rings (SSSR count). The first-order valence-electron chi connectivity index (χ1n) is 10.2. The molecule has 1 atom stereocenters.